The summed E-state index contributed by atoms with van der Waals surface area (Å²) in [7, 11) is 0. The Kier molecular flexibility index (Phi) is 4.13. The molecular formula is C18H22N6O. The van der Waals surface area contributed by atoms with Crippen LogP contribution in [-0.4, -0.2) is 25.2 Å². The van der Waals surface area contributed by atoms with Crippen molar-refractivity contribution in [1.29, 1.82) is 0 Å². The third-order valence-electron chi connectivity index (χ3n) is 4.65. The lowest BCUT2D eigenvalue weighted by Gasteiger charge is -2.24. The predicted octanol–water partition coefficient (Wildman–Crippen LogP) is 2.96. The lowest BCUT2D eigenvalue weighted by Crippen LogP contribution is -2.28. The number of rotatable bonds is 5. The number of hydrogen-bond acceptors (Lipinski definition) is 3. The summed E-state index contributed by atoms with van der Waals surface area (Å²) in [5.41, 5.74) is 3.48. The molecule has 3 aromatic heterocycles. The molecule has 3 aromatic rings. The van der Waals surface area contributed by atoms with Crippen LogP contribution in [-0.2, 0) is 13.1 Å². The second-order valence-electron chi connectivity index (χ2n) is 6.74. The average Bonchev–Trinajstić information content (AvgIpc) is 3.14. The Morgan fingerprint density at radius 3 is 3.04 bits per heavy atom. The van der Waals surface area contributed by atoms with Crippen LogP contribution in [0.2, 0.25) is 0 Å². The van der Waals surface area contributed by atoms with E-state index < -0.39 is 0 Å². The summed E-state index contributed by atoms with van der Waals surface area (Å²) < 4.78 is 3.90. The molecule has 2 amide bonds. The van der Waals surface area contributed by atoms with Gasteiger partial charge in [0, 0.05) is 49.0 Å². The number of fused-ring (bicyclic) bond motifs is 1. The summed E-state index contributed by atoms with van der Waals surface area (Å²) in [6.07, 6.45) is 11.6. The molecule has 0 atom stereocenters. The van der Waals surface area contributed by atoms with Gasteiger partial charge in [0.1, 0.15) is 5.65 Å². The number of anilines is 1. The number of urea groups is 1. The SMILES string of the molecule is Cc1cn2ccc(NC(=O)NCc3cnn(CC4CCC4)c3)cc2n1. The third-order valence-corrected chi connectivity index (χ3v) is 4.65. The summed E-state index contributed by atoms with van der Waals surface area (Å²) in [6.45, 7) is 3.38. The van der Waals surface area contributed by atoms with Crippen molar-refractivity contribution in [3.63, 3.8) is 0 Å². The summed E-state index contributed by atoms with van der Waals surface area (Å²) in [5.74, 6) is 0.769. The van der Waals surface area contributed by atoms with Gasteiger partial charge in [0.25, 0.3) is 0 Å². The van der Waals surface area contributed by atoms with Crippen molar-refractivity contribution < 1.29 is 4.79 Å². The fraction of sp³-hybridized carbons (Fsp3) is 0.389. The Morgan fingerprint density at radius 1 is 1.36 bits per heavy atom. The highest BCUT2D eigenvalue weighted by Gasteiger charge is 2.18. The molecule has 1 aliphatic rings. The minimum Gasteiger partial charge on any atom is -0.334 e. The van der Waals surface area contributed by atoms with Gasteiger partial charge < -0.3 is 15.0 Å². The number of nitrogens with one attached hydrogen (secondary N) is 2. The van der Waals surface area contributed by atoms with E-state index in [-0.39, 0.29) is 6.03 Å². The maximum absolute atomic E-state index is 12.1. The van der Waals surface area contributed by atoms with E-state index >= 15 is 0 Å². The standard InChI is InChI=1S/C18H22N6O/c1-13-10-23-6-5-16(7-17(23)21-13)22-18(25)19-8-15-9-20-24(12-15)11-14-3-2-4-14/h5-7,9-10,12,14H,2-4,8,11H2,1H3,(H2,19,22,25). The largest absolute Gasteiger partial charge is 0.334 e. The van der Waals surface area contributed by atoms with Crippen molar-refractivity contribution in [2.24, 2.45) is 5.92 Å². The van der Waals surface area contributed by atoms with Gasteiger partial charge in [0.2, 0.25) is 0 Å². The second-order valence-corrected chi connectivity index (χ2v) is 6.74. The van der Waals surface area contributed by atoms with Crippen LogP contribution in [0.1, 0.15) is 30.5 Å². The molecule has 25 heavy (non-hydrogen) atoms. The molecule has 0 unspecified atom stereocenters. The van der Waals surface area contributed by atoms with Crippen molar-refractivity contribution in [1.82, 2.24) is 24.5 Å². The molecule has 0 spiro atoms. The molecule has 0 radical (unpaired) electrons. The molecule has 1 fully saturated rings. The fourth-order valence-electron chi connectivity index (χ4n) is 3.08. The van der Waals surface area contributed by atoms with Crippen LogP contribution >= 0.6 is 0 Å². The Balaban J connectivity index is 1.30. The molecule has 130 valence electrons. The predicted molar refractivity (Wildman–Crippen MR) is 95.4 cm³/mol. The normalized spacial score (nSPS) is 14.4. The van der Waals surface area contributed by atoms with E-state index in [0.717, 1.165) is 35.1 Å². The van der Waals surface area contributed by atoms with Crippen LogP contribution in [0, 0.1) is 12.8 Å². The molecule has 0 bridgehead atoms. The highest BCUT2D eigenvalue weighted by atomic mass is 16.2. The Bertz CT molecular complexity index is 892. The van der Waals surface area contributed by atoms with E-state index in [9.17, 15) is 4.79 Å². The number of imidazole rings is 1. The van der Waals surface area contributed by atoms with Crippen molar-refractivity contribution in [3.05, 3.63) is 48.2 Å². The first-order valence-corrected chi connectivity index (χ1v) is 8.67. The van der Waals surface area contributed by atoms with Crippen LogP contribution in [0.5, 0.6) is 0 Å². The maximum Gasteiger partial charge on any atom is 0.319 e. The molecular weight excluding hydrogens is 316 g/mol. The number of carbonyl (C=O) groups excluding carboxylic acids is 1. The number of amides is 2. The quantitative estimate of drug-likeness (QED) is 0.751. The van der Waals surface area contributed by atoms with E-state index in [1.807, 2.05) is 52.9 Å². The summed E-state index contributed by atoms with van der Waals surface area (Å²) in [6, 6.07) is 3.47. The molecule has 7 nitrogen and oxygen atoms in total. The van der Waals surface area contributed by atoms with E-state index in [1.54, 1.807) is 0 Å². The molecule has 1 aliphatic carbocycles. The van der Waals surface area contributed by atoms with Crippen molar-refractivity contribution in [2.75, 3.05) is 5.32 Å². The van der Waals surface area contributed by atoms with Gasteiger partial charge in [-0.25, -0.2) is 9.78 Å². The van der Waals surface area contributed by atoms with Crippen molar-refractivity contribution >= 4 is 17.4 Å². The van der Waals surface area contributed by atoms with Crippen molar-refractivity contribution in [2.45, 2.75) is 39.3 Å². The first-order chi connectivity index (χ1) is 12.2. The van der Waals surface area contributed by atoms with Gasteiger partial charge in [-0.1, -0.05) is 6.42 Å². The van der Waals surface area contributed by atoms with Gasteiger partial charge in [-0.15, -0.1) is 0 Å². The summed E-state index contributed by atoms with van der Waals surface area (Å²) in [5, 5.41) is 10.1. The minimum absolute atomic E-state index is 0.237. The van der Waals surface area contributed by atoms with E-state index in [4.69, 9.17) is 0 Å². The minimum atomic E-state index is -0.237. The van der Waals surface area contributed by atoms with Crippen LogP contribution < -0.4 is 10.6 Å². The van der Waals surface area contributed by atoms with Gasteiger partial charge in [0.15, 0.2) is 0 Å². The number of hydrogen-bond donors (Lipinski definition) is 2. The van der Waals surface area contributed by atoms with Gasteiger partial charge in [-0.3, -0.25) is 4.68 Å². The Hall–Kier alpha value is -2.83. The van der Waals surface area contributed by atoms with Crippen LogP contribution in [0.4, 0.5) is 10.5 Å². The maximum atomic E-state index is 12.1. The molecule has 1 saturated carbocycles. The van der Waals surface area contributed by atoms with Gasteiger partial charge in [-0.2, -0.15) is 5.10 Å². The Labute approximate surface area is 146 Å². The number of carbonyl (C=O) groups is 1. The topological polar surface area (TPSA) is 76.2 Å². The highest BCUT2D eigenvalue weighted by molar-refractivity contribution is 5.89. The third kappa shape index (κ3) is 3.65. The van der Waals surface area contributed by atoms with Gasteiger partial charge >= 0.3 is 6.03 Å². The molecule has 0 saturated heterocycles. The molecule has 7 heteroatoms. The molecule has 0 aromatic carbocycles. The van der Waals surface area contributed by atoms with Crippen LogP contribution in [0.25, 0.3) is 5.65 Å². The lowest BCUT2D eigenvalue weighted by atomic mass is 9.85. The van der Waals surface area contributed by atoms with Gasteiger partial charge in [0.05, 0.1) is 11.9 Å². The number of aryl methyl sites for hydroxylation is 1. The van der Waals surface area contributed by atoms with E-state index in [1.165, 1.54) is 19.3 Å². The number of pyridine rings is 1. The molecule has 0 aliphatic heterocycles. The number of nitrogens with zero attached hydrogens (tertiary/aromatic N) is 4. The monoisotopic (exact) mass is 338 g/mol. The summed E-state index contributed by atoms with van der Waals surface area (Å²) >= 11 is 0. The first-order valence-electron chi connectivity index (χ1n) is 8.67. The fourth-order valence-corrected chi connectivity index (χ4v) is 3.08. The molecule has 2 N–H and O–H groups in total. The van der Waals surface area contributed by atoms with Gasteiger partial charge in [-0.05, 0) is 31.7 Å². The smallest absolute Gasteiger partial charge is 0.319 e. The average molecular weight is 338 g/mol. The van der Waals surface area contributed by atoms with Crippen LogP contribution in [0.15, 0.2) is 36.9 Å². The van der Waals surface area contributed by atoms with Crippen LogP contribution in [0.3, 0.4) is 0 Å². The number of aromatic nitrogens is 4. The lowest BCUT2D eigenvalue weighted by molar-refractivity contribution is 0.251. The summed E-state index contributed by atoms with van der Waals surface area (Å²) in [4.78, 5) is 16.5. The second kappa shape index (κ2) is 6.58. The zero-order valence-electron chi connectivity index (χ0n) is 14.3. The van der Waals surface area contributed by atoms with E-state index in [2.05, 4.69) is 20.7 Å². The van der Waals surface area contributed by atoms with Crippen molar-refractivity contribution in [3.8, 4) is 0 Å². The zero-order chi connectivity index (χ0) is 17.2. The first kappa shape index (κ1) is 15.7. The zero-order valence-corrected chi connectivity index (χ0v) is 14.3. The molecule has 3 heterocycles. The Morgan fingerprint density at radius 2 is 2.24 bits per heavy atom. The van der Waals surface area contributed by atoms with E-state index in [0.29, 0.717) is 6.54 Å². The molecule has 4 rings (SSSR count). The highest BCUT2D eigenvalue weighted by Crippen LogP contribution is 2.27.